The van der Waals surface area contributed by atoms with Crippen molar-refractivity contribution in [1.29, 1.82) is 0 Å². The van der Waals surface area contributed by atoms with Gasteiger partial charge in [0.1, 0.15) is 0 Å². The summed E-state index contributed by atoms with van der Waals surface area (Å²) in [4.78, 5) is 21.0. The molecule has 3 nitrogen and oxygen atoms in total. The molecule has 0 radical (unpaired) electrons. The standard InChI is InChI=1S/2C7H6OS.H3N/c2*8-7(9)6-4-2-1-3-5-6;/h2*1-5H,(H,8,9);1H3. The molecule has 5 heteroatoms. The predicted molar refractivity (Wildman–Crippen MR) is 84.5 cm³/mol. The number of carbonyl (C=O) groups is 2. The highest BCUT2D eigenvalue weighted by Gasteiger charge is 1.94. The van der Waals surface area contributed by atoms with Gasteiger partial charge in [-0.05, 0) is 0 Å². The molecule has 0 aromatic heterocycles. The largest absolute Gasteiger partial charge is 0.344 e. The van der Waals surface area contributed by atoms with Gasteiger partial charge in [0.15, 0.2) is 0 Å². The summed E-state index contributed by atoms with van der Waals surface area (Å²) in [5.41, 5.74) is 1.28. The van der Waals surface area contributed by atoms with Crippen molar-refractivity contribution in [1.82, 2.24) is 6.15 Å². The van der Waals surface area contributed by atoms with Gasteiger partial charge < -0.3 is 6.15 Å². The van der Waals surface area contributed by atoms with Crippen LogP contribution >= 0.6 is 25.3 Å². The molecule has 3 N–H and O–H groups in total. The normalized spacial score (nSPS) is 8.53. The van der Waals surface area contributed by atoms with Crippen LogP contribution < -0.4 is 6.15 Å². The molecular formula is C14H15NO2S2. The van der Waals surface area contributed by atoms with Gasteiger partial charge in [-0.1, -0.05) is 60.7 Å². The lowest BCUT2D eigenvalue weighted by atomic mass is 10.2. The Morgan fingerprint density at radius 3 is 1.05 bits per heavy atom. The van der Waals surface area contributed by atoms with Crippen LogP contribution in [0.5, 0.6) is 0 Å². The fourth-order valence-corrected chi connectivity index (χ4v) is 1.46. The van der Waals surface area contributed by atoms with Crippen LogP contribution in [0, 0.1) is 0 Å². The molecule has 0 fully saturated rings. The first kappa shape index (κ1) is 17.4. The topological polar surface area (TPSA) is 69.1 Å². The molecule has 0 atom stereocenters. The molecule has 0 bridgehead atoms. The van der Waals surface area contributed by atoms with Crippen molar-refractivity contribution >= 4 is 35.5 Å². The first-order valence-corrected chi connectivity index (χ1v) is 6.07. The Bertz CT molecular complexity index is 466. The first-order valence-electron chi connectivity index (χ1n) is 5.18. The van der Waals surface area contributed by atoms with Crippen LogP contribution in [0.3, 0.4) is 0 Å². The number of thiol groups is 2. The van der Waals surface area contributed by atoms with Crippen molar-refractivity contribution in [2.75, 3.05) is 0 Å². The molecule has 0 amide bonds. The Morgan fingerprint density at radius 2 is 0.895 bits per heavy atom. The zero-order chi connectivity index (χ0) is 13.4. The lowest BCUT2D eigenvalue weighted by Gasteiger charge is -1.88. The maximum atomic E-state index is 10.5. The highest BCUT2D eigenvalue weighted by molar-refractivity contribution is 7.97. The summed E-state index contributed by atoms with van der Waals surface area (Å²) in [5.74, 6) is 0. The molecule has 100 valence electrons. The molecule has 0 spiro atoms. The smallest absolute Gasteiger partial charge is 0.216 e. The second-order valence-electron chi connectivity index (χ2n) is 3.34. The molecular weight excluding hydrogens is 278 g/mol. The summed E-state index contributed by atoms with van der Waals surface area (Å²) >= 11 is 7.30. The zero-order valence-electron chi connectivity index (χ0n) is 10.2. The second kappa shape index (κ2) is 9.38. The Morgan fingerprint density at radius 1 is 0.632 bits per heavy atom. The quantitative estimate of drug-likeness (QED) is 0.740. The van der Waals surface area contributed by atoms with Gasteiger partial charge in [-0.15, -0.1) is 25.3 Å². The van der Waals surface area contributed by atoms with Gasteiger partial charge in [-0.25, -0.2) is 0 Å². The highest BCUT2D eigenvalue weighted by atomic mass is 32.1. The highest BCUT2D eigenvalue weighted by Crippen LogP contribution is 2.01. The van der Waals surface area contributed by atoms with E-state index in [1.54, 1.807) is 24.3 Å². The third-order valence-electron chi connectivity index (χ3n) is 2.04. The fourth-order valence-electron chi connectivity index (χ4n) is 1.16. The molecule has 0 saturated carbocycles. The third kappa shape index (κ3) is 6.81. The van der Waals surface area contributed by atoms with E-state index in [-0.39, 0.29) is 16.4 Å². The lowest BCUT2D eigenvalue weighted by Crippen LogP contribution is -1.84. The Hall–Kier alpha value is -1.56. The monoisotopic (exact) mass is 293 g/mol. The molecule has 0 heterocycles. The van der Waals surface area contributed by atoms with Crippen LogP contribution in [0.25, 0.3) is 0 Å². The van der Waals surface area contributed by atoms with Crippen molar-refractivity contribution in [3.05, 3.63) is 71.8 Å². The number of hydrogen-bond donors (Lipinski definition) is 3. The molecule has 0 aliphatic heterocycles. The molecule has 2 aromatic rings. The molecule has 0 aliphatic rings. The van der Waals surface area contributed by atoms with Crippen LogP contribution in [0.2, 0.25) is 0 Å². The molecule has 0 aliphatic carbocycles. The fraction of sp³-hybridized carbons (Fsp3) is 0. The second-order valence-corrected chi connectivity index (χ2v) is 4.15. The lowest BCUT2D eigenvalue weighted by molar-refractivity contribution is 0.108. The minimum absolute atomic E-state index is 0. The summed E-state index contributed by atoms with van der Waals surface area (Å²) in [6.07, 6.45) is 0. The average Bonchev–Trinajstić information content (AvgIpc) is 2.41. The third-order valence-corrected chi connectivity index (χ3v) is 2.56. The van der Waals surface area contributed by atoms with E-state index in [1.807, 2.05) is 36.4 Å². The van der Waals surface area contributed by atoms with Crippen LogP contribution in [0.15, 0.2) is 60.7 Å². The van der Waals surface area contributed by atoms with Gasteiger partial charge >= 0.3 is 0 Å². The van der Waals surface area contributed by atoms with Crippen molar-refractivity contribution in [2.45, 2.75) is 0 Å². The minimum atomic E-state index is -0.185. The first-order chi connectivity index (χ1) is 8.61. The van der Waals surface area contributed by atoms with Gasteiger partial charge in [-0.2, -0.15) is 0 Å². The number of carbonyl (C=O) groups excluding carboxylic acids is 2. The van der Waals surface area contributed by atoms with Crippen molar-refractivity contribution in [2.24, 2.45) is 0 Å². The number of benzene rings is 2. The van der Waals surface area contributed by atoms with E-state index >= 15 is 0 Å². The maximum absolute atomic E-state index is 10.5. The van der Waals surface area contributed by atoms with Gasteiger partial charge in [0, 0.05) is 11.1 Å². The molecule has 2 rings (SSSR count). The van der Waals surface area contributed by atoms with Crippen molar-refractivity contribution in [3.63, 3.8) is 0 Å². The summed E-state index contributed by atoms with van der Waals surface area (Å²) < 4.78 is 0. The Labute approximate surface area is 123 Å². The predicted octanol–water partition coefficient (Wildman–Crippen LogP) is 3.68. The van der Waals surface area contributed by atoms with Crippen LogP contribution in [0.4, 0.5) is 0 Å². The van der Waals surface area contributed by atoms with Crippen LogP contribution in [0.1, 0.15) is 20.7 Å². The molecule has 0 unspecified atom stereocenters. The van der Waals surface area contributed by atoms with E-state index in [2.05, 4.69) is 25.3 Å². The van der Waals surface area contributed by atoms with Crippen LogP contribution in [-0.4, -0.2) is 10.2 Å². The van der Waals surface area contributed by atoms with Gasteiger partial charge in [0.25, 0.3) is 0 Å². The SMILES string of the molecule is N.O=C(S)c1ccccc1.O=C(S)c1ccccc1. The molecule has 2 aromatic carbocycles. The number of hydrogen-bond acceptors (Lipinski definition) is 3. The van der Waals surface area contributed by atoms with E-state index in [0.717, 1.165) is 0 Å². The van der Waals surface area contributed by atoms with E-state index in [9.17, 15) is 9.59 Å². The van der Waals surface area contributed by atoms with Gasteiger partial charge in [-0.3, -0.25) is 9.59 Å². The Balaban J connectivity index is 0.000000324. The molecule has 19 heavy (non-hydrogen) atoms. The van der Waals surface area contributed by atoms with Crippen molar-refractivity contribution in [3.8, 4) is 0 Å². The van der Waals surface area contributed by atoms with E-state index in [4.69, 9.17) is 0 Å². The summed E-state index contributed by atoms with van der Waals surface area (Å²) in [7, 11) is 0. The Kier molecular flexibility index (Phi) is 8.61. The van der Waals surface area contributed by atoms with E-state index in [0.29, 0.717) is 11.1 Å². The van der Waals surface area contributed by atoms with E-state index < -0.39 is 0 Å². The summed E-state index contributed by atoms with van der Waals surface area (Å²) in [6.45, 7) is 0. The van der Waals surface area contributed by atoms with Crippen molar-refractivity contribution < 1.29 is 9.59 Å². The maximum Gasteiger partial charge on any atom is 0.216 e. The zero-order valence-corrected chi connectivity index (χ0v) is 12.0. The van der Waals surface area contributed by atoms with Crippen LogP contribution in [-0.2, 0) is 0 Å². The molecule has 0 saturated heterocycles. The van der Waals surface area contributed by atoms with Gasteiger partial charge in [0.2, 0.25) is 10.2 Å². The minimum Gasteiger partial charge on any atom is -0.344 e. The van der Waals surface area contributed by atoms with Gasteiger partial charge in [0.05, 0.1) is 0 Å². The number of rotatable bonds is 2. The average molecular weight is 293 g/mol. The van der Waals surface area contributed by atoms with E-state index in [1.165, 1.54) is 0 Å². The summed E-state index contributed by atoms with van der Waals surface area (Å²) in [5, 5.41) is -0.369. The summed E-state index contributed by atoms with van der Waals surface area (Å²) in [6, 6.07) is 17.9.